The van der Waals surface area contributed by atoms with Crippen molar-refractivity contribution < 1.29 is 9.13 Å². The van der Waals surface area contributed by atoms with Gasteiger partial charge < -0.3 is 10.5 Å². The average Bonchev–Trinajstić information content (AvgIpc) is 2.36. The molecule has 0 heterocycles. The number of benzene rings is 2. The summed E-state index contributed by atoms with van der Waals surface area (Å²) in [6.07, 6.45) is 0. The first kappa shape index (κ1) is 13.9. The minimum Gasteiger partial charge on any atom is -0.488 e. The Balaban J connectivity index is 2.21. The maximum absolute atomic E-state index is 13.7. The maximum Gasteiger partial charge on any atom is 0.130 e. The summed E-state index contributed by atoms with van der Waals surface area (Å²) in [7, 11) is 0. The Morgan fingerprint density at radius 3 is 2.63 bits per heavy atom. The molecule has 2 rings (SSSR count). The fourth-order valence-corrected chi connectivity index (χ4v) is 2.19. The predicted octanol–water partition coefficient (Wildman–Crippen LogP) is 4.37. The van der Waals surface area contributed by atoms with E-state index in [9.17, 15) is 4.39 Å². The molecule has 0 aliphatic carbocycles. The van der Waals surface area contributed by atoms with Crippen molar-refractivity contribution in [3.05, 3.63) is 57.3 Å². The first-order valence-corrected chi connectivity index (χ1v) is 6.70. The van der Waals surface area contributed by atoms with Crippen LogP contribution in [0.15, 0.2) is 34.8 Å². The summed E-state index contributed by atoms with van der Waals surface area (Å²) in [6, 6.07) is 8.67. The largest absolute Gasteiger partial charge is 0.488 e. The van der Waals surface area contributed by atoms with Crippen LogP contribution in [0.5, 0.6) is 5.75 Å². The Morgan fingerprint density at radius 2 is 1.95 bits per heavy atom. The van der Waals surface area contributed by atoms with E-state index < -0.39 is 0 Å². The highest BCUT2D eigenvalue weighted by molar-refractivity contribution is 9.10. The molecule has 2 nitrogen and oxygen atoms in total. The molecule has 100 valence electrons. The second-order valence-electron chi connectivity index (χ2n) is 4.45. The monoisotopic (exact) mass is 323 g/mol. The Labute approximate surface area is 120 Å². The third-order valence-corrected chi connectivity index (χ3v) is 3.53. The topological polar surface area (TPSA) is 35.2 Å². The number of aryl methyl sites for hydroxylation is 1. The Bertz CT molecular complexity index is 613. The summed E-state index contributed by atoms with van der Waals surface area (Å²) in [5, 5.41) is 0. The summed E-state index contributed by atoms with van der Waals surface area (Å²) in [4.78, 5) is 0. The predicted molar refractivity (Wildman–Crippen MR) is 78.8 cm³/mol. The summed E-state index contributed by atoms with van der Waals surface area (Å²) in [6.45, 7) is 4.03. The summed E-state index contributed by atoms with van der Waals surface area (Å²) in [5.74, 6) is 0.441. The first-order chi connectivity index (χ1) is 8.99. The van der Waals surface area contributed by atoms with Crippen molar-refractivity contribution in [2.75, 3.05) is 5.73 Å². The zero-order valence-electron chi connectivity index (χ0n) is 10.8. The van der Waals surface area contributed by atoms with Gasteiger partial charge in [-0.3, -0.25) is 0 Å². The van der Waals surface area contributed by atoms with Gasteiger partial charge in [0, 0.05) is 21.3 Å². The Morgan fingerprint density at radius 1 is 1.21 bits per heavy atom. The van der Waals surface area contributed by atoms with Crippen LogP contribution in [0.25, 0.3) is 0 Å². The number of anilines is 1. The van der Waals surface area contributed by atoms with Gasteiger partial charge in [0.15, 0.2) is 0 Å². The molecular weight excluding hydrogens is 309 g/mol. The van der Waals surface area contributed by atoms with Crippen LogP contribution in [-0.2, 0) is 6.61 Å². The summed E-state index contributed by atoms with van der Waals surface area (Å²) >= 11 is 3.23. The van der Waals surface area contributed by atoms with Gasteiger partial charge in [-0.15, -0.1) is 0 Å². The van der Waals surface area contributed by atoms with E-state index >= 15 is 0 Å². The second-order valence-corrected chi connectivity index (χ2v) is 5.37. The highest BCUT2D eigenvalue weighted by Crippen LogP contribution is 2.28. The van der Waals surface area contributed by atoms with Gasteiger partial charge in [-0.05, 0) is 37.6 Å². The quantitative estimate of drug-likeness (QED) is 0.851. The van der Waals surface area contributed by atoms with Gasteiger partial charge in [0.25, 0.3) is 0 Å². The minimum absolute atomic E-state index is 0.185. The van der Waals surface area contributed by atoms with E-state index in [1.54, 1.807) is 12.1 Å². The molecule has 0 spiro atoms. The third-order valence-electron chi connectivity index (χ3n) is 3.03. The van der Waals surface area contributed by atoms with Gasteiger partial charge >= 0.3 is 0 Å². The van der Waals surface area contributed by atoms with E-state index in [0.717, 1.165) is 16.9 Å². The molecule has 0 aliphatic heterocycles. The van der Waals surface area contributed by atoms with E-state index in [0.29, 0.717) is 15.7 Å². The van der Waals surface area contributed by atoms with Crippen molar-refractivity contribution in [3.63, 3.8) is 0 Å². The molecule has 4 heteroatoms. The number of hydrogen-bond acceptors (Lipinski definition) is 2. The molecule has 0 atom stereocenters. The number of nitrogen functional groups attached to an aromatic ring is 1. The lowest BCUT2D eigenvalue weighted by atomic mass is 10.1. The molecule has 2 aromatic rings. The number of rotatable bonds is 3. The molecule has 0 unspecified atom stereocenters. The van der Waals surface area contributed by atoms with Crippen LogP contribution in [-0.4, -0.2) is 0 Å². The lowest BCUT2D eigenvalue weighted by Crippen LogP contribution is -2.02. The lowest BCUT2D eigenvalue weighted by molar-refractivity contribution is 0.296. The van der Waals surface area contributed by atoms with E-state index in [1.165, 1.54) is 6.07 Å². The zero-order chi connectivity index (χ0) is 14.0. The number of hydrogen-bond donors (Lipinski definition) is 1. The first-order valence-electron chi connectivity index (χ1n) is 5.91. The number of halogens is 2. The lowest BCUT2D eigenvalue weighted by Gasteiger charge is -2.14. The fourth-order valence-electron chi connectivity index (χ4n) is 1.85. The van der Waals surface area contributed by atoms with Gasteiger partial charge in [-0.25, -0.2) is 4.39 Å². The van der Waals surface area contributed by atoms with Crippen molar-refractivity contribution in [2.24, 2.45) is 0 Å². The van der Waals surface area contributed by atoms with Crippen LogP contribution < -0.4 is 10.5 Å². The second kappa shape index (κ2) is 5.61. The van der Waals surface area contributed by atoms with Crippen LogP contribution in [0.1, 0.15) is 16.7 Å². The van der Waals surface area contributed by atoms with Crippen molar-refractivity contribution in [2.45, 2.75) is 20.5 Å². The highest BCUT2D eigenvalue weighted by atomic mass is 79.9. The molecule has 0 radical (unpaired) electrons. The van der Waals surface area contributed by atoms with Crippen LogP contribution in [0, 0.1) is 19.7 Å². The molecule has 0 saturated carbocycles. The van der Waals surface area contributed by atoms with Crippen molar-refractivity contribution in [1.29, 1.82) is 0 Å². The SMILES string of the molecule is Cc1ccc(N)c(C)c1OCc1ccc(Br)cc1F. The van der Waals surface area contributed by atoms with Crippen LogP contribution in [0.4, 0.5) is 10.1 Å². The Kier molecular flexibility index (Phi) is 4.10. The van der Waals surface area contributed by atoms with E-state index in [4.69, 9.17) is 10.5 Å². The van der Waals surface area contributed by atoms with Crippen molar-refractivity contribution >= 4 is 21.6 Å². The third kappa shape index (κ3) is 3.07. The fraction of sp³-hybridized carbons (Fsp3) is 0.200. The molecule has 0 amide bonds. The number of ether oxygens (including phenoxy) is 1. The standard InChI is InChI=1S/C15H15BrFNO/c1-9-3-6-14(18)10(2)15(9)19-8-11-4-5-12(16)7-13(11)17/h3-7H,8,18H2,1-2H3. The van der Waals surface area contributed by atoms with Crippen LogP contribution in [0.2, 0.25) is 0 Å². The highest BCUT2D eigenvalue weighted by Gasteiger charge is 2.09. The molecule has 2 aromatic carbocycles. The average molecular weight is 324 g/mol. The maximum atomic E-state index is 13.7. The zero-order valence-corrected chi connectivity index (χ0v) is 12.4. The van der Waals surface area contributed by atoms with Crippen molar-refractivity contribution in [1.82, 2.24) is 0 Å². The van der Waals surface area contributed by atoms with Crippen LogP contribution >= 0.6 is 15.9 Å². The van der Waals surface area contributed by atoms with Crippen LogP contribution in [0.3, 0.4) is 0 Å². The van der Waals surface area contributed by atoms with Crippen molar-refractivity contribution in [3.8, 4) is 5.75 Å². The molecule has 0 bridgehead atoms. The van der Waals surface area contributed by atoms with Gasteiger partial charge in [0.05, 0.1) is 0 Å². The molecule has 19 heavy (non-hydrogen) atoms. The van der Waals surface area contributed by atoms with Gasteiger partial charge in [0.1, 0.15) is 18.2 Å². The summed E-state index contributed by atoms with van der Waals surface area (Å²) < 4.78 is 20.1. The smallest absolute Gasteiger partial charge is 0.130 e. The van der Waals surface area contributed by atoms with E-state index in [1.807, 2.05) is 26.0 Å². The van der Waals surface area contributed by atoms with Gasteiger partial charge in [-0.1, -0.05) is 28.1 Å². The molecule has 0 aliphatic rings. The van der Waals surface area contributed by atoms with E-state index in [-0.39, 0.29) is 12.4 Å². The summed E-state index contributed by atoms with van der Waals surface area (Å²) in [5.41, 5.74) is 8.92. The molecule has 2 N–H and O–H groups in total. The molecule has 0 saturated heterocycles. The normalized spacial score (nSPS) is 10.5. The Hall–Kier alpha value is -1.55. The molecule has 0 aromatic heterocycles. The number of nitrogens with two attached hydrogens (primary N) is 1. The van der Waals surface area contributed by atoms with E-state index in [2.05, 4.69) is 15.9 Å². The van der Waals surface area contributed by atoms with Gasteiger partial charge in [-0.2, -0.15) is 0 Å². The minimum atomic E-state index is -0.284. The van der Waals surface area contributed by atoms with Gasteiger partial charge in [0.2, 0.25) is 0 Å². The molecule has 0 fully saturated rings. The molecular formula is C15H15BrFNO.